The highest BCUT2D eigenvalue weighted by Gasteiger charge is 2.17. The molecule has 3 heterocycles. The smallest absolute Gasteiger partial charge is 0.282 e. The van der Waals surface area contributed by atoms with Crippen LogP contribution in [0.3, 0.4) is 0 Å². The van der Waals surface area contributed by atoms with Crippen LogP contribution in [0.15, 0.2) is 62.9 Å². The second-order valence-corrected chi connectivity index (χ2v) is 10.7. The van der Waals surface area contributed by atoms with Crippen molar-refractivity contribution >= 4 is 39.0 Å². The van der Waals surface area contributed by atoms with E-state index in [1.165, 1.54) is 4.68 Å². The zero-order chi connectivity index (χ0) is 28.2. The van der Waals surface area contributed by atoms with Crippen LogP contribution in [0.5, 0.6) is 5.75 Å². The summed E-state index contributed by atoms with van der Waals surface area (Å²) >= 11 is 3.45. The molecule has 0 saturated carbocycles. The van der Waals surface area contributed by atoms with Crippen molar-refractivity contribution in [1.29, 1.82) is 0 Å². The van der Waals surface area contributed by atoms with Gasteiger partial charge in [-0.25, -0.2) is 4.98 Å². The number of fused-ring (bicyclic) bond motifs is 1. The largest absolute Gasteiger partial charge is 0.484 e. The van der Waals surface area contributed by atoms with Gasteiger partial charge in [0.1, 0.15) is 11.6 Å². The second kappa shape index (κ2) is 12.2. The molecule has 1 aliphatic heterocycles. The number of hydrogen-bond donors (Lipinski definition) is 0. The van der Waals surface area contributed by atoms with Crippen molar-refractivity contribution in [3.05, 3.63) is 86.1 Å². The summed E-state index contributed by atoms with van der Waals surface area (Å²) in [5.74, 6) is 1.23. The Morgan fingerprint density at radius 3 is 2.60 bits per heavy atom. The van der Waals surface area contributed by atoms with E-state index >= 15 is 0 Å². The van der Waals surface area contributed by atoms with E-state index in [9.17, 15) is 9.59 Å². The van der Waals surface area contributed by atoms with Crippen LogP contribution in [0, 0.1) is 13.8 Å². The number of carbonyl (C=O) groups excluding carboxylic acids is 1. The summed E-state index contributed by atoms with van der Waals surface area (Å²) in [4.78, 5) is 32.2. The van der Waals surface area contributed by atoms with Gasteiger partial charge in [0.25, 0.3) is 11.5 Å². The first kappa shape index (κ1) is 27.8. The molecule has 0 aliphatic carbocycles. The number of nitrogens with zero attached hydrogens (tertiary/aromatic N) is 5. The lowest BCUT2D eigenvalue weighted by Crippen LogP contribution is -2.42. The van der Waals surface area contributed by atoms with Crippen molar-refractivity contribution in [3.8, 4) is 11.4 Å². The fourth-order valence-corrected chi connectivity index (χ4v) is 5.24. The summed E-state index contributed by atoms with van der Waals surface area (Å²) in [6, 6.07) is 15.2. The van der Waals surface area contributed by atoms with E-state index in [4.69, 9.17) is 14.5 Å². The molecule has 2 aromatic carbocycles. The van der Waals surface area contributed by atoms with Gasteiger partial charge in [0, 0.05) is 46.6 Å². The molecule has 9 nitrogen and oxygen atoms in total. The van der Waals surface area contributed by atoms with Gasteiger partial charge in [0.05, 0.1) is 30.3 Å². The summed E-state index contributed by atoms with van der Waals surface area (Å²) in [5, 5.41) is 5.12. The molecule has 2 aromatic heterocycles. The van der Waals surface area contributed by atoms with Crippen LogP contribution in [-0.4, -0.2) is 64.2 Å². The fraction of sp³-hybridized carbons (Fsp3) is 0.333. The van der Waals surface area contributed by atoms with E-state index < -0.39 is 0 Å². The Morgan fingerprint density at radius 2 is 1.88 bits per heavy atom. The lowest BCUT2D eigenvalue weighted by atomic mass is 10.2. The molecule has 1 saturated heterocycles. The lowest BCUT2D eigenvalue weighted by molar-refractivity contribution is -0.137. The van der Waals surface area contributed by atoms with E-state index in [-0.39, 0.29) is 18.1 Å². The van der Waals surface area contributed by atoms with E-state index in [0.29, 0.717) is 55.2 Å². The predicted molar refractivity (Wildman–Crippen MR) is 159 cm³/mol. The summed E-state index contributed by atoms with van der Waals surface area (Å²) in [5.41, 5.74) is 4.35. The zero-order valence-corrected chi connectivity index (χ0v) is 24.5. The fourth-order valence-electron chi connectivity index (χ4n) is 4.88. The van der Waals surface area contributed by atoms with Crippen molar-refractivity contribution in [2.45, 2.75) is 33.6 Å². The molecular formula is C30H32BrN5O4. The number of amides is 1. The molecule has 208 valence electrons. The number of halogens is 1. The Hall–Kier alpha value is -3.76. The quantitative estimate of drug-likeness (QED) is 0.273. The summed E-state index contributed by atoms with van der Waals surface area (Å²) in [6.07, 6.45) is 3.21. The van der Waals surface area contributed by atoms with Crippen LogP contribution >= 0.6 is 15.9 Å². The van der Waals surface area contributed by atoms with Crippen LogP contribution in [0.1, 0.15) is 36.1 Å². The van der Waals surface area contributed by atoms with Gasteiger partial charge in [-0.15, -0.1) is 0 Å². The van der Waals surface area contributed by atoms with Gasteiger partial charge in [0.15, 0.2) is 6.61 Å². The van der Waals surface area contributed by atoms with Crippen LogP contribution < -0.4 is 10.3 Å². The molecule has 1 amide bonds. The molecule has 1 fully saturated rings. The Morgan fingerprint density at radius 1 is 1.12 bits per heavy atom. The van der Waals surface area contributed by atoms with E-state index in [1.807, 2.05) is 56.3 Å². The number of ether oxygens (including phenoxy) is 2. The third kappa shape index (κ3) is 5.88. The van der Waals surface area contributed by atoms with E-state index in [1.54, 1.807) is 17.2 Å². The molecule has 0 atom stereocenters. The van der Waals surface area contributed by atoms with Gasteiger partial charge in [-0.05, 0) is 68.8 Å². The maximum atomic E-state index is 13.3. The molecule has 40 heavy (non-hydrogen) atoms. The highest BCUT2D eigenvalue weighted by molar-refractivity contribution is 9.10. The summed E-state index contributed by atoms with van der Waals surface area (Å²) in [6.45, 7) is 8.43. The molecule has 0 unspecified atom stereocenters. The van der Waals surface area contributed by atoms with Crippen molar-refractivity contribution in [2.24, 2.45) is 5.10 Å². The van der Waals surface area contributed by atoms with Gasteiger partial charge >= 0.3 is 0 Å². The first-order valence-electron chi connectivity index (χ1n) is 13.4. The van der Waals surface area contributed by atoms with Crippen molar-refractivity contribution < 1.29 is 14.3 Å². The predicted octanol–water partition coefficient (Wildman–Crippen LogP) is 4.64. The number of aromatic nitrogens is 3. The van der Waals surface area contributed by atoms with Gasteiger partial charge < -0.3 is 18.9 Å². The molecule has 4 aromatic rings. The molecular weight excluding hydrogens is 574 g/mol. The van der Waals surface area contributed by atoms with E-state index in [0.717, 1.165) is 33.5 Å². The molecule has 5 rings (SSSR count). The van der Waals surface area contributed by atoms with Crippen molar-refractivity contribution in [1.82, 2.24) is 19.1 Å². The van der Waals surface area contributed by atoms with Gasteiger partial charge in [0.2, 0.25) is 0 Å². The SMILES string of the molecule is CCCc1nc2ccc(Br)cc2c(=O)n1N=Cc1cc(C)n(-c2ccc(OCC(=O)N3CCOCC3)cc2)c1C. The Labute approximate surface area is 241 Å². The molecule has 10 heteroatoms. The highest BCUT2D eigenvalue weighted by atomic mass is 79.9. The van der Waals surface area contributed by atoms with Gasteiger partial charge in [-0.2, -0.15) is 9.78 Å². The Kier molecular flexibility index (Phi) is 8.46. The minimum absolute atomic E-state index is 0.00149. The third-order valence-electron chi connectivity index (χ3n) is 6.95. The average Bonchev–Trinajstić information content (AvgIpc) is 3.25. The van der Waals surface area contributed by atoms with Crippen LogP contribution in [0.2, 0.25) is 0 Å². The monoisotopic (exact) mass is 605 g/mol. The summed E-state index contributed by atoms with van der Waals surface area (Å²) < 4.78 is 15.4. The number of aryl methyl sites for hydroxylation is 2. The van der Waals surface area contributed by atoms with Gasteiger partial charge in [-0.3, -0.25) is 9.59 Å². The number of morpholine rings is 1. The van der Waals surface area contributed by atoms with Crippen molar-refractivity contribution in [2.75, 3.05) is 32.9 Å². The van der Waals surface area contributed by atoms with Crippen LogP contribution in [0.4, 0.5) is 0 Å². The van der Waals surface area contributed by atoms with Crippen LogP contribution in [-0.2, 0) is 16.0 Å². The highest BCUT2D eigenvalue weighted by Crippen LogP contribution is 2.23. The lowest BCUT2D eigenvalue weighted by Gasteiger charge is -2.26. The standard InChI is InChI=1S/C30H32BrN5O4/c1-4-5-28-33-27-11-6-23(31)17-26(27)30(38)36(28)32-18-22-16-20(2)35(21(22)3)24-7-9-25(10-8-24)40-19-29(37)34-12-14-39-15-13-34/h6-11,16-18H,4-5,12-15,19H2,1-3H3. The minimum Gasteiger partial charge on any atom is -0.484 e. The Balaban J connectivity index is 1.36. The second-order valence-electron chi connectivity index (χ2n) is 9.74. The first-order valence-corrected chi connectivity index (χ1v) is 14.2. The maximum absolute atomic E-state index is 13.3. The Bertz CT molecular complexity index is 1620. The maximum Gasteiger partial charge on any atom is 0.282 e. The molecule has 0 radical (unpaired) electrons. The average molecular weight is 607 g/mol. The summed E-state index contributed by atoms with van der Waals surface area (Å²) in [7, 11) is 0. The van der Waals surface area contributed by atoms with Crippen LogP contribution in [0.25, 0.3) is 16.6 Å². The topological polar surface area (TPSA) is 90.9 Å². The zero-order valence-electron chi connectivity index (χ0n) is 22.9. The molecule has 0 spiro atoms. The number of carbonyl (C=O) groups is 1. The third-order valence-corrected chi connectivity index (χ3v) is 7.45. The first-order chi connectivity index (χ1) is 19.4. The van der Waals surface area contributed by atoms with Crippen molar-refractivity contribution in [3.63, 3.8) is 0 Å². The molecule has 0 bridgehead atoms. The minimum atomic E-state index is -0.192. The van der Waals surface area contributed by atoms with Gasteiger partial charge in [-0.1, -0.05) is 22.9 Å². The number of benzene rings is 2. The number of hydrogen-bond acceptors (Lipinski definition) is 6. The molecule has 1 aliphatic rings. The van der Waals surface area contributed by atoms with E-state index in [2.05, 4.69) is 32.5 Å². The molecule has 0 N–H and O–H groups in total. The number of rotatable bonds is 8. The normalized spacial score (nSPS) is 13.8.